The van der Waals surface area contributed by atoms with Crippen molar-refractivity contribution in [2.45, 2.75) is 18.2 Å². The van der Waals surface area contributed by atoms with Gasteiger partial charge in [-0.1, -0.05) is 12.1 Å². The van der Waals surface area contributed by atoms with E-state index >= 15 is 0 Å². The molecule has 16 heavy (non-hydrogen) atoms. The molecule has 0 aliphatic carbocycles. The van der Waals surface area contributed by atoms with Crippen LogP contribution in [0.2, 0.25) is 0 Å². The normalized spacial score (nSPS) is 10.2. The molecule has 0 radical (unpaired) electrons. The van der Waals surface area contributed by atoms with Crippen molar-refractivity contribution in [3.05, 3.63) is 23.8 Å². The maximum atomic E-state index is 11.3. The van der Waals surface area contributed by atoms with Gasteiger partial charge in [-0.15, -0.1) is 23.4 Å². The zero-order valence-corrected chi connectivity index (χ0v) is 11.0. The van der Waals surface area contributed by atoms with E-state index < -0.39 is 0 Å². The van der Waals surface area contributed by atoms with Gasteiger partial charge in [-0.2, -0.15) is 0 Å². The molecule has 0 amide bonds. The van der Waals surface area contributed by atoms with Crippen molar-refractivity contribution in [3.8, 4) is 5.75 Å². The molecule has 1 aromatic rings. The van der Waals surface area contributed by atoms with E-state index in [4.69, 9.17) is 16.3 Å². The average molecular weight is 259 g/mol. The number of hydrogen-bond acceptors (Lipinski definition) is 3. The summed E-state index contributed by atoms with van der Waals surface area (Å²) in [7, 11) is 0. The molecule has 0 aromatic heterocycles. The highest BCUT2D eigenvalue weighted by atomic mass is 35.5. The molecule has 0 saturated carbocycles. The van der Waals surface area contributed by atoms with Crippen molar-refractivity contribution < 1.29 is 9.53 Å². The minimum Gasteiger partial charge on any atom is -0.492 e. The predicted molar refractivity (Wildman–Crippen MR) is 68.8 cm³/mol. The van der Waals surface area contributed by atoms with Gasteiger partial charge in [0.05, 0.1) is 12.5 Å². The van der Waals surface area contributed by atoms with Crippen LogP contribution in [0.15, 0.2) is 23.1 Å². The molecule has 4 heteroatoms. The molecule has 1 aromatic carbocycles. The predicted octanol–water partition coefficient (Wildman–Crippen LogP) is 3.16. The van der Waals surface area contributed by atoms with Crippen molar-refractivity contribution in [2.24, 2.45) is 0 Å². The number of halogens is 1. The molecule has 0 unspecified atom stereocenters. The molecule has 0 spiro atoms. The number of para-hydroxylation sites is 1. The molecule has 1 rings (SSSR count). The van der Waals surface area contributed by atoms with Crippen LogP contribution in [0.25, 0.3) is 0 Å². The van der Waals surface area contributed by atoms with E-state index in [1.807, 2.05) is 31.4 Å². The van der Waals surface area contributed by atoms with Gasteiger partial charge in [0.2, 0.25) is 0 Å². The molecule has 0 saturated heterocycles. The smallest absolute Gasteiger partial charge is 0.152 e. The second-order valence-electron chi connectivity index (χ2n) is 3.23. The number of carbonyl (C=O) groups is 1. The van der Waals surface area contributed by atoms with E-state index in [0.717, 1.165) is 16.2 Å². The maximum absolute atomic E-state index is 11.3. The number of ketones is 1. The Labute approximate surface area is 105 Å². The Bertz CT molecular complexity index is 366. The lowest BCUT2D eigenvalue weighted by Gasteiger charge is -2.12. The third-order valence-corrected chi connectivity index (χ3v) is 3.17. The maximum Gasteiger partial charge on any atom is 0.152 e. The first-order chi connectivity index (χ1) is 7.72. The summed E-state index contributed by atoms with van der Waals surface area (Å²) in [6.07, 6.45) is 2.33. The lowest BCUT2D eigenvalue weighted by molar-refractivity contribution is -0.116. The van der Waals surface area contributed by atoms with Crippen LogP contribution < -0.4 is 4.74 Å². The van der Waals surface area contributed by atoms with Crippen molar-refractivity contribution in [1.82, 2.24) is 0 Å². The summed E-state index contributed by atoms with van der Waals surface area (Å²) in [6.45, 7) is 2.53. The molecule has 0 bridgehead atoms. The molecule has 0 aliphatic rings. The first-order valence-corrected chi connectivity index (χ1v) is 6.85. The van der Waals surface area contributed by atoms with Crippen LogP contribution in [0.3, 0.4) is 0 Å². The lowest BCUT2D eigenvalue weighted by atomic mass is 10.1. The highest BCUT2D eigenvalue weighted by Crippen LogP contribution is 2.31. The number of carbonyl (C=O) groups excluding carboxylic acids is 1. The van der Waals surface area contributed by atoms with E-state index in [-0.39, 0.29) is 11.7 Å². The quantitative estimate of drug-likeness (QED) is 0.579. The Hall–Kier alpha value is -0.670. The van der Waals surface area contributed by atoms with Crippen molar-refractivity contribution in [2.75, 3.05) is 18.7 Å². The highest BCUT2D eigenvalue weighted by Gasteiger charge is 2.11. The van der Waals surface area contributed by atoms with Gasteiger partial charge in [-0.05, 0) is 19.2 Å². The number of hydrogen-bond donors (Lipinski definition) is 0. The molecular weight excluding hydrogens is 244 g/mol. The number of alkyl halides is 1. The van der Waals surface area contributed by atoms with Crippen LogP contribution in [0.1, 0.15) is 12.5 Å². The average Bonchev–Trinajstić information content (AvgIpc) is 2.31. The Morgan fingerprint density at radius 1 is 1.50 bits per heavy atom. The van der Waals surface area contributed by atoms with E-state index in [0.29, 0.717) is 13.0 Å². The summed E-state index contributed by atoms with van der Waals surface area (Å²) < 4.78 is 5.59. The monoisotopic (exact) mass is 258 g/mol. The lowest BCUT2D eigenvalue weighted by Crippen LogP contribution is -2.06. The Balaban J connectivity index is 3.01. The van der Waals surface area contributed by atoms with Crippen LogP contribution in [0, 0.1) is 0 Å². The standard InChI is InChI=1S/C12H15ClO2S/c1-3-15-12-9(7-10(14)8-13)5-4-6-11(12)16-2/h4-6H,3,7-8H2,1-2H3. The summed E-state index contributed by atoms with van der Waals surface area (Å²) in [4.78, 5) is 12.4. The molecule has 88 valence electrons. The van der Waals surface area contributed by atoms with Gasteiger partial charge in [0.15, 0.2) is 5.78 Å². The molecule has 0 heterocycles. The molecule has 0 atom stereocenters. The van der Waals surface area contributed by atoms with Crippen molar-refractivity contribution >= 4 is 29.1 Å². The van der Waals surface area contributed by atoms with Gasteiger partial charge in [-0.25, -0.2) is 0 Å². The second-order valence-corrected chi connectivity index (χ2v) is 4.35. The molecular formula is C12H15ClO2S. The van der Waals surface area contributed by atoms with Crippen molar-refractivity contribution in [1.29, 1.82) is 0 Å². The fraction of sp³-hybridized carbons (Fsp3) is 0.417. The zero-order chi connectivity index (χ0) is 12.0. The van der Waals surface area contributed by atoms with E-state index in [1.165, 1.54) is 0 Å². The summed E-state index contributed by atoms with van der Waals surface area (Å²) >= 11 is 7.12. The molecule has 0 aliphatic heterocycles. The van der Waals surface area contributed by atoms with E-state index in [9.17, 15) is 4.79 Å². The summed E-state index contributed by atoms with van der Waals surface area (Å²) in [5.41, 5.74) is 0.916. The van der Waals surface area contributed by atoms with Crippen molar-refractivity contribution in [3.63, 3.8) is 0 Å². The SMILES string of the molecule is CCOc1c(CC(=O)CCl)cccc1SC. The number of rotatable bonds is 6. The van der Waals surface area contributed by atoms with Gasteiger partial charge in [0.1, 0.15) is 5.75 Å². The Morgan fingerprint density at radius 2 is 2.25 bits per heavy atom. The fourth-order valence-electron chi connectivity index (χ4n) is 1.43. The Kier molecular flexibility index (Phi) is 5.71. The molecule has 0 fully saturated rings. The van der Waals surface area contributed by atoms with E-state index in [2.05, 4.69) is 0 Å². The van der Waals surface area contributed by atoms with Crippen LogP contribution in [-0.2, 0) is 11.2 Å². The van der Waals surface area contributed by atoms with Gasteiger partial charge >= 0.3 is 0 Å². The highest BCUT2D eigenvalue weighted by molar-refractivity contribution is 7.98. The van der Waals surface area contributed by atoms with Crippen LogP contribution in [0.4, 0.5) is 0 Å². The third kappa shape index (κ3) is 3.42. The summed E-state index contributed by atoms with van der Waals surface area (Å²) in [5, 5.41) is 0. The van der Waals surface area contributed by atoms with Crippen LogP contribution in [-0.4, -0.2) is 24.5 Å². The minimum atomic E-state index is 0.0147. The number of ether oxygens (including phenoxy) is 1. The number of Topliss-reactive ketones (excluding diaryl/α,β-unsaturated/α-hetero) is 1. The largest absolute Gasteiger partial charge is 0.492 e. The van der Waals surface area contributed by atoms with Gasteiger partial charge < -0.3 is 4.74 Å². The summed E-state index contributed by atoms with van der Waals surface area (Å²) in [6, 6.07) is 5.84. The first kappa shape index (κ1) is 13.4. The van der Waals surface area contributed by atoms with E-state index in [1.54, 1.807) is 11.8 Å². The first-order valence-electron chi connectivity index (χ1n) is 5.09. The van der Waals surface area contributed by atoms with Crippen LogP contribution in [0.5, 0.6) is 5.75 Å². The van der Waals surface area contributed by atoms with Gasteiger partial charge in [0.25, 0.3) is 0 Å². The Morgan fingerprint density at radius 3 is 2.81 bits per heavy atom. The second kappa shape index (κ2) is 6.81. The van der Waals surface area contributed by atoms with Gasteiger partial charge in [0, 0.05) is 16.9 Å². The molecule has 2 nitrogen and oxygen atoms in total. The summed E-state index contributed by atoms with van der Waals surface area (Å²) in [5.74, 6) is 0.881. The zero-order valence-electron chi connectivity index (χ0n) is 9.46. The fourth-order valence-corrected chi connectivity index (χ4v) is 2.11. The third-order valence-electron chi connectivity index (χ3n) is 2.11. The number of thioether (sulfide) groups is 1. The molecule has 0 N–H and O–H groups in total. The topological polar surface area (TPSA) is 26.3 Å². The van der Waals surface area contributed by atoms with Gasteiger partial charge in [-0.3, -0.25) is 4.79 Å². The number of benzene rings is 1. The van der Waals surface area contributed by atoms with Crippen LogP contribution >= 0.6 is 23.4 Å². The minimum absolute atomic E-state index is 0.0147.